The van der Waals surface area contributed by atoms with Gasteiger partial charge >= 0.3 is 0 Å². The Bertz CT molecular complexity index is 426. The normalized spacial score (nSPS) is 12.2. The van der Waals surface area contributed by atoms with Gasteiger partial charge in [0.15, 0.2) is 0 Å². The maximum atomic E-state index is 11.5. The molecule has 0 N–H and O–H groups in total. The molecule has 86 valence electrons. The van der Waals surface area contributed by atoms with Crippen molar-refractivity contribution in [3.05, 3.63) is 39.4 Å². The van der Waals surface area contributed by atoms with Gasteiger partial charge in [-0.05, 0) is 18.6 Å². The van der Waals surface area contributed by atoms with Crippen molar-refractivity contribution in [1.82, 2.24) is 0 Å². The summed E-state index contributed by atoms with van der Waals surface area (Å²) in [5.41, 5.74) is 1.54. The zero-order valence-electron chi connectivity index (χ0n) is 9.69. The molecular formula is C12H15NO3. The third kappa shape index (κ3) is 2.45. The Morgan fingerprint density at radius 2 is 2.12 bits per heavy atom. The fourth-order valence-electron chi connectivity index (χ4n) is 1.64. The number of hydrogen-bond donors (Lipinski definition) is 0. The Balaban J connectivity index is 3.06. The molecule has 16 heavy (non-hydrogen) atoms. The lowest BCUT2D eigenvalue weighted by Gasteiger charge is -2.10. The first-order valence-corrected chi connectivity index (χ1v) is 5.25. The molecule has 4 nitrogen and oxygen atoms in total. The first kappa shape index (κ1) is 12.4. The first-order chi connectivity index (χ1) is 7.47. The van der Waals surface area contributed by atoms with Crippen LogP contribution in [0.3, 0.4) is 0 Å². The lowest BCUT2D eigenvalue weighted by Crippen LogP contribution is -2.07. The second-order valence-electron chi connectivity index (χ2n) is 3.84. The number of aryl methyl sites for hydroxylation is 1. The van der Waals surface area contributed by atoms with Crippen molar-refractivity contribution in [3.8, 4) is 0 Å². The molecular weight excluding hydrogens is 206 g/mol. The Morgan fingerprint density at radius 1 is 1.50 bits per heavy atom. The van der Waals surface area contributed by atoms with Crippen LogP contribution in [-0.4, -0.2) is 10.7 Å². The molecule has 0 aliphatic heterocycles. The summed E-state index contributed by atoms with van der Waals surface area (Å²) in [6, 6.07) is 4.84. The van der Waals surface area contributed by atoms with Gasteiger partial charge in [-0.25, -0.2) is 0 Å². The summed E-state index contributed by atoms with van der Waals surface area (Å²) in [6.07, 6.45) is 0.483. The molecule has 1 aromatic rings. The quantitative estimate of drug-likeness (QED) is 0.580. The summed E-state index contributed by atoms with van der Waals surface area (Å²) in [7, 11) is 0. The van der Waals surface area contributed by atoms with Gasteiger partial charge in [-0.3, -0.25) is 14.9 Å². The zero-order valence-corrected chi connectivity index (χ0v) is 9.69. The van der Waals surface area contributed by atoms with Crippen LogP contribution in [0.5, 0.6) is 0 Å². The van der Waals surface area contributed by atoms with Crippen LogP contribution >= 0.6 is 0 Å². The summed E-state index contributed by atoms with van der Waals surface area (Å²) in [5, 5.41) is 10.6. The highest BCUT2D eigenvalue weighted by Gasteiger charge is 2.16. The van der Waals surface area contributed by atoms with E-state index in [1.807, 2.05) is 13.8 Å². The highest BCUT2D eigenvalue weighted by Crippen LogP contribution is 2.24. The SMILES string of the molecule is CCC(=O)C(C)c1ccc([N+](=O)[O-])c(C)c1. The minimum Gasteiger partial charge on any atom is -0.299 e. The second-order valence-corrected chi connectivity index (χ2v) is 3.84. The summed E-state index contributed by atoms with van der Waals surface area (Å²) in [6.45, 7) is 5.33. The van der Waals surface area contributed by atoms with Crippen LogP contribution in [0.4, 0.5) is 5.69 Å². The van der Waals surface area contributed by atoms with E-state index in [4.69, 9.17) is 0 Å². The van der Waals surface area contributed by atoms with E-state index in [1.54, 1.807) is 19.1 Å². The van der Waals surface area contributed by atoms with E-state index < -0.39 is 4.92 Å². The summed E-state index contributed by atoms with van der Waals surface area (Å²) in [4.78, 5) is 21.7. The molecule has 0 saturated heterocycles. The topological polar surface area (TPSA) is 60.2 Å². The van der Waals surface area contributed by atoms with Crippen LogP contribution in [0.2, 0.25) is 0 Å². The van der Waals surface area contributed by atoms with Crippen molar-refractivity contribution >= 4 is 11.5 Å². The Kier molecular flexibility index (Phi) is 3.77. The standard InChI is InChI=1S/C12H15NO3/c1-4-12(14)9(3)10-5-6-11(13(15)16)8(2)7-10/h5-7,9H,4H2,1-3H3. The van der Waals surface area contributed by atoms with Crippen LogP contribution < -0.4 is 0 Å². The van der Waals surface area contributed by atoms with Crippen LogP contribution in [0.15, 0.2) is 18.2 Å². The lowest BCUT2D eigenvalue weighted by atomic mass is 9.94. The number of nitro benzene ring substituents is 1. The fourth-order valence-corrected chi connectivity index (χ4v) is 1.64. The van der Waals surface area contributed by atoms with E-state index >= 15 is 0 Å². The first-order valence-electron chi connectivity index (χ1n) is 5.25. The maximum Gasteiger partial charge on any atom is 0.272 e. The molecule has 0 radical (unpaired) electrons. The van der Waals surface area contributed by atoms with E-state index in [1.165, 1.54) is 6.07 Å². The smallest absolute Gasteiger partial charge is 0.272 e. The average molecular weight is 221 g/mol. The van der Waals surface area contributed by atoms with E-state index in [0.29, 0.717) is 12.0 Å². The van der Waals surface area contributed by atoms with E-state index in [2.05, 4.69) is 0 Å². The zero-order chi connectivity index (χ0) is 12.3. The van der Waals surface area contributed by atoms with Crippen LogP contribution in [0, 0.1) is 17.0 Å². The van der Waals surface area contributed by atoms with Gasteiger partial charge in [-0.2, -0.15) is 0 Å². The Labute approximate surface area is 94.4 Å². The second kappa shape index (κ2) is 4.88. The molecule has 0 saturated carbocycles. The van der Waals surface area contributed by atoms with Gasteiger partial charge in [-0.15, -0.1) is 0 Å². The van der Waals surface area contributed by atoms with Gasteiger partial charge in [0.05, 0.1) is 4.92 Å². The molecule has 0 heterocycles. The number of nitro groups is 1. The van der Waals surface area contributed by atoms with Gasteiger partial charge in [-0.1, -0.05) is 19.9 Å². The molecule has 0 aliphatic carbocycles. The number of ketones is 1. The fraction of sp³-hybridized carbons (Fsp3) is 0.417. The minimum atomic E-state index is -0.411. The number of hydrogen-bond acceptors (Lipinski definition) is 3. The third-order valence-corrected chi connectivity index (χ3v) is 2.75. The van der Waals surface area contributed by atoms with Gasteiger partial charge in [0.1, 0.15) is 5.78 Å². The van der Waals surface area contributed by atoms with Crippen LogP contribution in [0.25, 0.3) is 0 Å². The van der Waals surface area contributed by atoms with E-state index in [9.17, 15) is 14.9 Å². The van der Waals surface area contributed by atoms with Gasteiger partial charge in [0.2, 0.25) is 0 Å². The Hall–Kier alpha value is -1.71. The largest absolute Gasteiger partial charge is 0.299 e. The summed E-state index contributed by atoms with van der Waals surface area (Å²) in [5.74, 6) is -0.0437. The number of carbonyl (C=O) groups excluding carboxylic acids is 1. The molecule has 1 rings (SSSR count). The van der Waals surface area contributed by atoms with Crippen molar-refractivity contribution in [2.45, 2.75) is 33.1 Å². The summed E-state index contributed by atoms with van der Waals surface area (Å²) < 4.78 is 0. The molecule has 0 aromatic heterocycles. The van der Waals surface area contributed by atoms with Crippen molar-refractivity contribution in [3.63, 3.8) is 0 Å². The monoisotopic (exact) mass is 221 g/mol. The minimum absolute atomic E-state index is 0.0971. The van der Waals surface area contributed by atoms with Crippen LogP contribution in [0.1, 0.15) is 37.3 Å². The molecule has 0 aliphatic rings. The lowest BCUT2D eigenvalue weighted by molar-refractivity contribution is -0.385. The molecule has 0 amide bonds. The highest BCUT2D eigenvalue weighted by atomic mass is 16.6. The van der Waals surface area contributed by atoms with Crippen molar-refractivity contribution in [1.29, 1.82) is 0 Å². The number of rotatable bonds is 4. The molecule has 1 atom stereocenters. The molecule has 4 heteroatoms. The number of Topliss-reactive ketones (excluding diaryl/α,β-unsaturated/α-hetero) is 1. The third-order valence-electron chi connectivity index (χ3n) is 2.75. The van der Waals surface area contributed by atoms with E-state index in [-0.39, 0.29) is 17.4 Å². The molecule has 1 aromatic carbocycles. The van der Waals surface area contributed by atoms with Crippen LogP contribution in [-0.2, 0) is 4.79 Å². The predicted molar refractivity (Wildman–Crippen MR) is 61.5 cm³/mol. The van der Waals surface area contributed by atoms with Crippen molar-refractivity contribution in [2.24, 2.45) is 0 Å². The Morgan fingerprint density at radius 3 is 2.56 bits per heavy atom. The molecule has 0 bridgehead atoms. The van der Waals surface area contributed by atoms with Gasteiger partial charge < -0.3 is 0 Å². The highest BCUT2D eigenvalue weighted by molar-refractivity contribution is 5.85. The van der Waals surface area contributed by atoms with E-state index in [0.717, 1.165) is 5.56 Å². The van der Waals surface area contributed by atoms with Gasteiger partial charge in [0.25, 0.3) is 5.69 Å². The number of carbonyl (C=O) groups is 1. The number of benzene rings is 1. The predicted octanol–water partition coefficient (Wildman–Crippen LogP) is 2.99. The van der Waals surface area contributed by atoms with Gasteiger partial charge in [0, 0.05) is 24.0 Å². The van der Waals surface area contributed by atoms with Crippen molar-refractivity contribution in [2.75, 3.05) is 0 Å². The number of nitrogens with zero attached hydrogens (tertiary/aromatic N) is 1. The average Bonchev–Trinajstić information content (AvgIpc) is 2.26. The molecule has 0 fully saturated rings. The maximum absolute atomic E-state index is 11.5. The molecule has 0 spiro atoms. The summed E-state index contributed by atoms with van der Waals surface area (Å²) >= 11 is 0. The molecule has 1 unspecified atom stereocenters. The van der Waals surface area contributed by atoms with Crippen molar-refractivity contribution < 1.29 is 9.72 Å².